The van der Waals surface area contributed by atoms with E-state index in [1.165, 1.54) is 0 Å². The van der Waals surface area contributed by atoms with Crippen LogP contribution in [0.1, 0.15) is 18.7 Å². The fourth-order valence-electron chi connectivity index (χ4n) is 4.05. The zero-order valence-corrected chi connectivity index (χ0v) is 17.2. The molecule has 2 aliphatic rings. The third-order valence-corrected chi connectivity index (χ3v) is 6.02. The Hall–Kier alpha value is -3.13. The molecule has 30 heavy (non-hydrogen) atoms. The number of carbonyl (C=O) groups is 1. The van der Waals surface area contributed by atoms with Gasteiger partial charge in [-0.3, -0.25) is 4.79 Å². The van der Waals surface area contributed by atoms with Gasteiger partial charge in [-0.2, -0.15) is 0 Å². The van der Waals surface area contributed by atoms with Crippen LogP contribution in [0, 0.1) is 0 Å². The molecule has 156 valence electrons. The van der Waals surface area contributed by atoms with E-state index >= 15 is 0 Å². The highest BCUT2D eigenvalue weighted by Crippen LogP contribution is 2.49. The van der Waals surface area contributed by atoms with Gasteiger partial charge < -0.3 is 19.7 Å². The van der Waals surface area contributed by atoms with Crippen LogP contribution in [0.4, 0.5) is 5.69 Å². The zero-order chi connectivity index (χ0) is 20.7. The topological polar surface area (TPSA) is 81.0 Å². The van der Waals surface area contributed by atoms with Crippen LogP contribution in [-0.2, 0) is 14.9 Å². The van der Waals surface area contributed by atoms with Crippen LogP contribution < -0.4 is 10.1 Å². The Kier molecular flexibility index (Phi) is 4.58. The first-order valence-electron chi connectivity index (χ1n) is 10.3. The van der Waals surface area contributed by atoms with Crippen LogP contribution in [0.25, 0.3) is 16.9 Å². The number of benzene rings is 1. The first-order valence-corrected chi connectivity index (χ1v) is 10.3. The number of hydrogen-bond acceptors (Lipinski definition) is 6. The Labute approximate surface area is 174 Å². The van der Waals surface area contributed by atoms with E-state index in [1.807, 2.05) is 48.3 Å². The number of carbonyl (C=O) groups excluding carboxylic acids is 1. The van der Waals surface area contributed by atoms with Crippen LogP contribution >= 0.6 is 0 Å². The van der Waals surface area contributed by atoms with Crippen molar-refractivity contribution in [3.63, 3.8) is 0 Å². The van der Waals surface area contributed by atoms with E-state index in [9.17, 15) is 4.79 Å². The smallest absolute Gasteiger partial charge is 0.236 e. The first-order chi connectivity index (χ1) is 14.7. The predicted molar refractivity (Wildman–Crippen MR) is 113 cm³/mol. The molecule has 2 fully saturated rings. The van der Waals surface area contributed by atoms with Crippen molar-refractivity contribution in [1.82, 2.24) is 19.5 Å². The van der Waals surface area contributed by atoms with E-state index < -0.39 is 5.41 Å². The van der Waals surface area contributed by atoms with Crippen molar-refractivity contribution in [2.24, 2.45) is 0 Å². The van der Waals surface area contributed by atoms with Crippen molar-refractivity contribution < 1.29 is 14.3 Å². The molecule has 8 nitrogen and oxygen atoms in total. The molecule has 0 spiro atoms. The van der Waals surface area contributed by atoms with Gasteiger partial charge in [0, 0.05) is 31.4 Å². The molecule has 0 atom stereocenters. The van der Waals surface area contributed by atoms with Gasteiger partial charge in [-0.15, -0.1) is 5.10 Å². The highest BCUT2D eigenvalue weighted by Gasteiger charge is 2.56. The molecule has 0 bridgehead atoms. The second-order valence-electron chi connectivity index (χ2n) is 7.77. The Balaban J connectivity index is 1.58. The summed E-state index contributed by atoms with van der Waals surface area (Å²) in [5.41, 5.74) is 2.96. The average molecular weight is 407 g/mol. The second kappa shape index (κ2) is 7.28. The number of fused-ring (bicyclic) bond motifs is 1. The quantitative estimate of drug-likeness (QED) is 0.699. The zero-order valence-electron chi connectivity index (χ0n) is 17.2. The van der Waals surface area contributed by atoms with E-state index in [4.69, 9.17) is 19.6 Å². The maximum Gasteiger partial charge on any atom is 0.236 e. The van der Waals surface area contributed by atoms with Gasteiger partial charge in [0.2, 0.25) is 5.91 Å². The van der Waals surface area contributed by atoms with E-state index in [2.05, 4.69) is 5.32 Å². The van der Waals surface area contributed by atoms with Crippen molar-refractivity contribution in [3.8, 4) is 17.0 Å². The fourth-order valence-corrected chi connectivity index (χ4v) is 4.05. The highest BCUT2D eigenvalue weighted by atomic mass is 16.5. The Morgan fingerprint density at radius 3 is 2.50 bits per heavy atom. The van der Waals surface area contributed by atoms with Gasteiger partial charge in [-0.25, -0.2) is 9.50 Å². The molecule has 1 N–H and O–H groups in total. The number of hydrogen-bond donors (Lipinski definition) is 1. The number of methoxy groups -OCH3 is 1. The van der Waals surface area contributed by atoms with E-state index in [0.29, 0.717) is 43.5 Å². The van der Waals surface area contributed by atoms with Crippen molar-refractivity contribution in [3.05, 3.63) is 42.2 Å². The van der Waals surface area contributed by atoms with E-state index in [-0.39, 0.29) is 5.91 Å². The highest BCUT2D eigenvalue weighted by molar-refractivity contribution is 5.90. The summed E-state index contributed by atoms with van der Waals surface area (Å²) in [6.45, 7) is 2.42. The molecule has 0 unspecified atom stereocenters. The summed E-state index contributed by atoms with van der Waals surface area (Å²) in [6.07, 6.45) is 1.54. The summed E-state index contributed by atoms with van der Waals surface area (Å²) < 4.78 is 12.7. The van der Waals surface area contributed by atoms with Gasteiger partial charge in [0.05, 0.1) is 26.0 Å². The molecule has 8 heteroatoms. The molecular weight excluding hydrogens is 382 g/mol. The molecule has 3 aromatic rings. The lowest BCUT2D eigenvalue weighted by atomic mass is 10.0. The summed E-state index contributed by atoms with van der Waals surface area (Å²) in [7, 11) is 3.52. The van der Waals surface area contributed by atoms with Crippen LogP contribution in [-0.4, -0.2) is 65.9 Å². The standard InChI is InChI=1S/C22H25N5O3/c1-23-16-5-3-15(4-6-16)17-7-8-18(29-2)19-24-20(25-27(17)19)22(9-10-22)21(28)26-11-13-30-14-12-26/h3-8,23H,9-14H2,1-2H3. The van der Waals surface area contributed by atoms with Crippen molar-refractivity contribution in [2.75, 3.05) is 45.8 Å². The largest absolute Gasteiger partial charge is 0.493 e. The Bertz CT molecular complexity index is 1080. The van der Waals surface area contributed by atoms with E-state index in [1.54, 1.807) is 11.6 Å². The van der Waals surface area contributed by atoms with Crippen LogP contribution in [0.5, 0.6) is 5.75 Å². The minimum atomic E-state index is -0.623. The molecule has 1 aromatic carbocycles. The third-order valence-electron chi connectivity index (χ3n) is 6.02. The lowest BCUT2D eigenvalue weighted by molar-refractivity contribution is -0.138. The number of nitrogens with one attached hydrogen (secondary N) is 1. The molecule has 5 rings (SSSR count). The minimum absolute atomic E-state index is 0.112. The summed E-state index contributed by atoms with van der Waals surface area (Å²) in [6, 6.07) is 12.0. The molecule has 1 aliphatic heterocycles. The number of rotatable bonds is 5. The van der Waals surface area contributed by atoms with Gasteiger partial charge in [0.15, 0.2) is 17.2 Å². The molecule has 2 aromatic heterocycles. The monoisotopic (exact) mass is 407 g/mol. The minimum Gasteiger partial charge on any atom is -0.493 e. The second-order valence-corrected chi connectivity index (χ2v) is 7.77. The number of anilines is 1. The lowest BCUT2D eigenvalue weighted by Crippen LogP contribution is -2.46. The third kappa shape index (κ3) is 2.99. The van der Waals surface area contributed by atoms with Gasteiger partial charge in [0.1, 0.15) is 5.41 Å². The van der Waals surface area contributed by atoms with Crippen LogP contribution in [0.15, 0.2) is 36.4 Å². The van der Waals surface area contributed by atoms with Crippen LogP contribution in [0.3, 0.4) is 0 Å². The molecular formula is C22H25N5O3. The molecule has 1 saturated heterocycles. The number of morpholine rings is 1. The first kappa shape index (κ1) is 18.9. The van der Waals surface area contributed by atoms with Crippen molar-refractivity contribution >= 4 is 17.2 Å². The average Bonchev–Trinajstić information content (AvgIpc) is 3.50. The number of amides is 1. The predicted octanol–water partition coefficient (Wildman–Crippen LogP) is 2.34. The van der Waals surface area contributed by atoms with E-state index in [0.717, 1.165) is 29.8 Å². The molecule has 0 radical (unpaired) electrons. The summed E-state index contributed by atoms with van der Waals surface area (Å²) in [4.78, 5) is 20.0. The van der Waals surface area contributed by atoms with Crippen LogP contribution in [0.2, 0.25) is 0 Å². The van der Waals surface area contributed by atoms with Gasteiger partial charge >= 0.3 is 0 Å². The normalized spacial score (nSPS) is 17.7. The SMILES string of the molecule is CNc1ccc(-c2ccc(OC)c3nc(C4(C(=O)N5CCOCC5)CC4)nn23)cc1. The van der Waals surface area contributed by atoms with Crippen molar-refractivity contribution in [1.29, 1.82) is 0 Å². The van der Waals surface area contributed by atoms with Gasteiger partial charge in [-0.05, 0) is 37.1 Å². The summed E-state index contributed by atoms with van der Waals surface area (Å²) >= 11 is 0. The van der Waals surface area contributed by atoms with Crippen molar-refractivity contribution in [2.45, 2.75) is 18.3 Å². The maximum absolute atomic E-state index is 13.3. The number of nitrogens with zero attached hydrogens (tertiary/aromatic N) is 4. The molecule has 1 amide bonds. The molecule has 1 aliphatic carbocycles. The van der Waals surface area contributed by atoms with Gasteiger partial charge in [-0.1, -0.05) is 12.1 Å². The number of ether oxygens (including phenoxy) is 2. The maximum atomic E-state index is 13.3. The Morgan fingerprint density at radius 1 is 1.13 bits per heavy atom. The molecule has 3 heterocycles. The summed E-state index contributed by atoms with van der Waals surface area (Å²) in [5, 5.41) is 7.95. The van der Waals surface area contributed by atoms with Gasteiger partial charge in [0.25, 0.3) is 0 Å². The number of pyridine rings is 1. The lowest BCUT2D eigenvalue weighted by Gasteiger charge is -2.29. The summed E-state index contributed by atoms with van der Waals surface area (Å²) in [5.74, 6) is 1.33. The molecule has 1 saturated carbocycles. The number of aromatic nitrogens is 3. The Morgan fingerprint density at radius 2 is 1.87 bits per heavy atom. The fraction of sp³-hybridized carbons (Fsp3) is 0.409.